The van der Waals surface area contributed by atoms with Crippen LogP contribution in [0.15, 0.2) is 0 Å². The van der Waals surface area contributed by atoms with Crippen LogP contribution in [0.1, 0.15) is 19.8 Å². The maximum absolute atomic E-state index is 10.0. The predicted molar refractivity (Wildman–Crippen MR) is 41.1 cm³/mol. The molecule has 0 heterocycles. The molecular weight excluding hydrogens is 198 g/mol. The van der Waals surface area contributed by atoms with Crippen LogP contribution in [-0.2, 0) is 4.79 Å². The summed E-state index contributed by atoms with van der Waals surface area (Å²) in [5.41, 5.74) is 0. The molecule has 0 saturated carbocycles. The molecule has 0 aromatic rings. The van der Waals surface area contributed by atoms with Gasteiger partial charge in [-0.3, -0.25) is 4.79 Å². The van der Waals surface area contributed by atoms with E-state index < -0.39 is 0 Å². The van der Waals surface area contributed by atoms with Gasteiger partial charge in [0.1, 0.15) is 0 Å². The summed E-state index contributed by atoms with van der Waals surface area (Å²) in [4.78, 5) is 10.0. The Hall–Kier alpha value is 0.997. The van der Waals surface area contributed by atoms with Crippen molar-refractivity contribution in [3.8, 4) is 0 Å². The Morgan fingerprint density at radius 2 is 2.14 bits per heavy atom. The molecule has 0 rings (SSSR count). The number of halogens is 1. The van der Waals surface area contributed by atoms with E-state index >= 15 is 0 Å². The van der Waals surface area contributed by atoms with Crippen molar-refractivity contribution in [2.45, 2.75) is 19.8 Å². The Balaban J connectivity index is 0. The number of hydrogen-bond donors (Lipinski definition) is 0. The molecule has 0 unspecified atom stereocenters. The average Bonchev–Trinajstić information content (AvgIpc) is 1.35. The normalized spacial score (nSPS) is 7.14. The molecule has 3 heteroatoms. The summed E-state index contributed by atoms with van der Waals surface area (Å²) in [7, 11) is 0. The van der Waals surface area contributed by atoms with Gasteiger partial charge in [0, 0.05) is 6.42 Å². The van der Waals surface area contributed by atoms with Crippen LogP contribution in [0.4, 0.5) is 0 Å². The van der Waals surface area contributed by atoms with Gasteiger partial charge < -0.3 is 0 Å². The quantitative estimate of drug-likeness (QED) is 0.375. The van der Waals surface area contributed by atoms with Crippen LogP contribution in [0.5, 0.6) is 0 Å². The molecule has 0 radical (unpaired) electrons. The number of rotatable bonds is 2. The maximum atomic E-state index is 10.0. The first-order chi connectivity index (χ1) is 2.77. The summed E-state index contributed by atoms with van der Waals surface area (Å²) in [5, 5.41) is 0. The second-order valence-corrected chi connectivity index (χ2v) is 2.31. The summed E-state index contributed by atoms with van der Waals surface area (Å²) in [6, 6.07) is 0. The molecule has 0 atom stereocenters. The van der Waals surface area contributed by atoms with E-state index in [0.29, 0.717) is 0 Å². The van der Waals surface area contributed by atoms with Crippen molar-refractivity contribution in [2.24, 2.45) is 0 Å². The molecule has 0 N–H and O–H groups in total. The number of carbonyl (C=O) groups is 1. The molecule has 0 fully saturated rings. The molecular formula is C4H8ILiO. The van der Waals surface area contributed by atoms with Crippen LogP contribution in [0.2, 0.25) is 0 Å². The van der Waals surface area contributed by atoms with Gasteiger partial charge in [0.25, 0.3) is 0 Å². The monoisotopic (exact) mass is 206 g/mol. The Bertz CT molecular complexity index is 55.7. The van der Waals surface area contributed by atoms with Crippen molar-refractivity contribution in [3.63, 3.8) is 0 Å². The van der Waals surface area contributed by atoms with Crippen LogP contribution < -0.4 is 0 Å². The summed E-state index contributed by atoms with van der Waals surface area (Å²) in [6.07, 6.45) is 1.70. The van der Waals surface area contributed by atoms with Gasteiger partial charge in [0.05, 0.1) is 0 Å². The van der Waals surface area contributed by atoms with Crippen molar-refractivity contribution >= 4 is 45.2 Å². The van der Waals surface area contributed by atoms with Crippen LogP contribution in [0.25, 0.3) is 0 Å². The summed E-state index contributed by atoms with van der Waals surface area (Å²) in [6.45, 7) is 2.00. The SMILES string of the molecule is CCCC(=O)I.[LiH]. The number of carbonyl (C=O) groups excluding carboxylic acids is 1. The van der Waals surface area contributed by atoms with Crippen LogP contribution in [0, 0.1) is 0 Å². The average molecular weight is 206 g/mol. The zero-order valence-electron chi connectivity index (χ0n) is 3.70. The molecule has 0 saturated heterocycles. The van der Waals surface area contributed by atoms with Crippen molar-refractivity contribution in [1.29, 1.82) is 0 Å². The molecule has 0 spiro atoms. The third kappa shape index (κ3) is 10.9. The molecule has 0 aromatic carbocycles. The van der Waals surface area contributed by atoms with E-state index in [1.165, 1.54) is 0 Å². The summed E-state index contributed by atoms with van der Waals surface area (Å²) < 4.78 is 0.259. The molecule has 0 bridgehead atoms. The molecule has 1 nitrogen and oxygen atoms in total. The van der Waals surface area contributed by atoms with E-state index in [4.69, 9.17) is 0 Å². The Morgan fingerprint density at radius 1 is 1.71 bits per heavy atom. The first kappa shape index (κ1) is 10.9. The fraction of sp³-hybridized carbons (Fsp3) is 0.750. The Kier molecular flexibility index (Phi) is 10.9. The second kappa shape index (κ2) is 7.00. The van der Waals surface area contributed by atoms with Crippen molar-refractivity contribution in [1.82, 2.24) is 0 Å². The fourth-order valence-corrected chi connectivity index (χ4v) is 0.736. The fourth-order valence-electron chi connectivity index (χ4n) is 0.197. The summed E-state index contributed by atoms with van der Waals surface area (Å²) >= 11 is 1.80. The third-order valence-electron chi connectivity index (χ3n) is 0.447. The van der Waals surface area contributed by atoms with Gasteiger partial charge in [0.15, 0.2) is 3.79 Å². The van der Waals surface area contributed by atoms with Gasteiger partial charge in [0.2, 0.25) is 0 Å². The zero-order chi connectivity index (χ0) is 4.99. The molecule has 0 amide bonds. The molecule has 0 aliphatic carbocycles. The molecule has 0 aliphatic heterocycles. The Morgan fingerprint density at radius 3 is 2.14 bits per heavy atom. The topological polar surface area (TPSA) is 17.1 Å². The molecule has 38 valence electrons. The van der Waals surface area contributed by atoms with E-state index in [-0.39, 0.29) is 22.7 Å². The van der Waals surface area contributed by atoms with Crippen molar-refractivity contribution in [2.75, 3.05) is 0 Å². The predicted octanol–water partition coefficient (Wildman–Crippen LogP) is 1.10. The zero-order valence-corrected chi connectivity index (χ0v) is 5.86. The van der Waals surface area contributed by atoms with Crippen molar-refractivity contribution in [3.05, 3.63) is 0 Å². The molecule has 0 aromatic heterocycles. The van der Waals surface area contributed by atoms with E-state index in [1.54, 1.807) is 22.6 Å². The minimum atomic E-state index is 0. The van der Waals surface area contributed by atoms with Crippen LogP contribution in [-0.4, -0.2) is 22.7 Å². The van der Waals surface area contributed by atoms with Gasteiger partial charge >= 0.3 is 18.9 Å². The van der Waals surface area contributed by atoms with Crippen LogP contribution in [0.3, 0.4) is 0 Å². The molecule has 0 aliphatic rings. The Labute approximate surface area is 69.6 Å². The van der Waals surface area contributed by atoms with Gasteiger partial charge in [-0.15, -0.1) is 0 Å². The second-order valence-electron chi connectivity index (χ2n) is 1.11. The van der Waals surface area contributed by atoms with Gasteiger partial charge in [-0.2, -0.15) is 0 Å². The first-order valence-electron chi connectivity index (χ1n) is 1.95. The molecule has 7 heavy (non-hydrogen) atoms. The van der Waals surface area contributed by atoms with E-state index in [2.05, 4.69) is 0 Å². The van der Waals surface area contributed by atoms with Crippen molar-refractivity contribution < 1.29 is 4.79 Å². The third-order valence-corrected chi connectivity index (χ3v) is 0.986. The number of hydrogen-bond acceptors (Lipinski definition) is 1. The van der Waals surface area contributed by atoms with E-state index in [0.717, 1.165) is 12.8 Å². The van der Waals surface area contributed by atoms with Gasteiger partial charge in [-0.05, 0) is 29.0 Å². The van der Waals surface area contributed by atoms with Crippen LogP contribution >= 0.6 is 22.6 Å². The first-order valence-corrected chi connectivity index (χ1v) is 3.03. The van der Waals surface area contributed by atoms with E-state index in [9.17, 15) is 4.79 Å². The minimum absolute atomic E-state index is 0. The van der Waals surface area contributed by atoms with E-state index in [1.807, 2.05) is 6.92 Å². The summed E-state index contributed by atoms with van der Waals surface area (Å²) in [5.74, 6) is 0. The van der Waals surface area contributed by atoms with Gasteiger partial charge in [-0.25, -0.2) is 0 Å². The standard InChI is InChI=1S/C4H7IO.Li.H/c1-2-3-4(5)6;;/h2-3H2,1H3;;. The van der Waals surface area contributed by atoms with Gasteiger partial charge in [-0.1, -0.05) is 6.92 Å².